The first-order valence-corrected chi connectivity index (χ1v) is 6.11. The molecule has 26 heavy (non-hydrogen) atoms. The van der Waals surface area contributed by atoms with Crippen molar-refractivity contribution in [2.75, 3.05) is 0 Å². The number of carbonyl (C=O) groups is 4. The Hall–Kier alpha value is -2.44. The quantitative estimate of drug-likeness (QED) is 0.450. The molecule has 0 saturated heterocycles. The molecular weight excluding hydrogens is 387 g/mol. The second kappa shape index (κ2) is 22.6. The summed E-state index contributed by atoms with van der Waals surface area (Å²) in [4.78, 5) is 38.3. The molecule has 1 unspecified atom stereocenters. The Labute approximate surface area is 162 Å². The molecular formula is C16H28ClO8P. The van der Waals surface area contributed by atoms with Crippen molar-refractivity contribution in [2.24, 2.45) is 0 Å². The Kier molecular flexibility index (Phi) is 33.7. The largest absolute Gasteiger partial charge is 0.545 e. The van der Waals surface area contributed by atoms with Gasteiger partial charge in [-0.1, -0.05) is 26.3 Å². The fraction of sp³-hybridized carbons (Fsp3) is 0.250. The summed E-state index contributed by atoms with van der Waals surface area (Å²) in [5.74, 6) is -3.99. The summed E-state index contributed by atoms with van der Waals surface area (Å²) in [6, 6.07) is 0. The average molecular weight is 415 g/mol. The van der Waals surface area contributed by atoms with Crippen LogP contribution in [0, 0.1) is 12.4 Å². The number of carboxylic acids is 4. The minimum absolute atomic E-state index is 0. The first kappa shape index (κ1) is 38.9. The van der Waals surface area contributed by atoms with Gasteiger partial charge in [0, 0.05) is 16.7 Å². The van der Waals surface area contributed by atoms with E-state index in [0.29, 0.717) is 0 Å². The molecule has 0 rings (SSSR count). The van der Waals surface area contributed by atoms with Crippen LogP contribution in [-0.4, -0.2) is 39.2 Å². The van der Waals surface area contributed by atoms with Gasteiger partial charge in [-0.05, 0) is 33.3 Å². The Bertz CT molecular complexity index is 394. The van der Waals surface area contributed by atoms with Gasteiger partial charge in [0.25, 0.3) is 0 Å². The van der Waals surface area contributed by atoms with Gasteiger partial charge in [-0.15, -0.1) is 0 Å². The molecule has 10 heteroatoms. The fourth-order valence-corrected chi connectivity index (χ4v) is 0. The maximum absolute atomic E-state index is 9.60. The Balaban J connectivity index is -0.0000000500. The Morgan fingerprint density at radius 3 is 0.692 bits per heavy atom. The van der Waals surface area contributed by atoms with Crippen molar-refractivity contribution in [1.29, 1.82) is 0 Å². The van der Waals surface area contributed by atoms with Gasteiger partial charge >= 0.3 is 17.9 Å². The molecule has 0 aromatic rings. The van der Waals surface area contributed by atoms with E-state index in [2.05, 4.69) is 26.3 Å². The van der Waals surface area contributed by atoms with Crippen molar-refractivity contribution in [2.45, 2.75) is 27.7 Å². The fourth-order valence-electron chi connectivity index (χ4n) is 0. The molecule has 0 aromatic carbocycles. The lowest BCUT2D eigenvalue weighted by atomic mass is 10.4. The zero-order valence-corrected chi connectivity index (χ0v) is 17.7. The monoisotopic (exact) mass is 414 g/mol. The van der Waals surface area contributed by atoms with Crippen LogP contribution in [0.3, 0.4) is 0 Å². The molecule has 0 bridgehead atoms. The van der Waals surface area contributed by atoms with E-state index in [4.69, 9.17) is 15.3 Å². The topological polar surface area (TPSA) is 152 Å². The van der Waals surface area contributed by atoms with Crippen molar-refractivity contribution in [3.05, 3.63) is 48.6 Å². The lowest BCUT2D eigenvalue weighted by Crippen LogP contribution is -2.22. The van der Waals surface area contributed by atoms with Crippen LogP contribution in [0.2, 0.25) is 0 Å². The molecule has 0 saturated carbocycles. The molecule has 0 aromatic heterocycles. The lowest BCUT2D eigenvalue weighted by Gasteiger charge is -1.93. The van der Waals surface area contributed by atoms with Crippen LogP contribution in [0.25, 0.3) is 0 Å². The van der Waals surface area contributed by atoms with Crippen molar-refractivity contribution in [3.63, 3.8) is 0 Å². The molecule has 0 aliphatic carbocycles. The van der Waals surface area contributed by atoms with E-state index in [1.165, 1.54) is 27.7 Å². The van der Waals surface area contributed by atoms with E-state index in [-0.39, 0.29) is 44.6 Å². The number of hydrogen-bond donors (Lipinski definition) is 3. The third-order valence-electron chi connectivity index (χ3n) is 1.44. The summed E-state index contributed by atoms with van der Waals surface area (Å²) >= 11 is 0. The second-order valence-corrected chi connectivity index (χ2v) is 4.32. The Morgan fingerprint density at radius 2 is 0.692 bits per heavy atom. The summed E-state index contributed by atoms with van der Waals surface area (Å²) in [5.41, 5.74) is 0.593. The summed E-state index contributed by atoms with van der Waals surface area (Å²) < 4.78 is 0. The summed E-state index contributed by atoms with van der Waals surface area (Å²) in [7, 11) is 0. The van der Waals surface area contributed by atoms with Crippen LogP contribution in [0.1, 0.15) is 27.7 Å². The van der Waals surface area contributed by atoms with E-state index >= 15 is 0 Å². The summed E-state index contributed by atoms with van der Waals surface area (Å²) in [6.45, 7) is 18.3. The van der Waals surface area contributed by atoms with Crippen molar-refractivity contribution in [3.8, 4) is 0 Å². The van der Waals surface area contributed by atoms with Gasteiger partial charge in [0.15, 0.2) is 0 Å². The summed E-state index contributed by atoms with van der Waals surface area (Å²) in [5, 5.41) is 33.2. The molecule has 0 radical (unpaired) electrons. The molecule has 1 atom stereocenters. The first-order chi connectivity index (χ1) is 10.6. The van der Waals surface area contributed by atoms with Gasteiger partial charge in [-0.25, -0.2) is 14.4 Å². The van der Waals surface area contributed by atoms with Crippen molar-refractivity contribution >= 4 is 33.8 Å². The van der Waals surface area contributed by atoms with E-state index in [9.17, 15) is 24.3 Å². The second-order valence-electron chi connectivity index (χ2n) is 4.32. The van der Waals surface area contributed by atoms with Crippen LogP contribution in [0.15, 0.2) is 48.6 Å². The number of rotatable bonds is 4. The van der Waals surface area contributed by atoms with Gasteiger partial charge in [0.05, 0.1) is 18.4 Å². The molecule has 8 nitrogen and oxygen atoms in total. The molecule has 0 amide bonds. The molecule has 0 spiro atoms. The van der Waals surface area contributed by atoms with Gasteiger partial charge in [-0.2, -0.15) is 9.90 Å². The van der Waals surface area contributed by atoms with Crippen LogP contribution in [-0.2, 0) is 19.2 Å². The van der Waals surface area contributed by atoms with E-state index in [0.717, 1.165) is 0 Å². The molecule has 0 fully saturated rings. The highest BCUT2D eigenvalue weighted by Crippen LogP contribution is 1.82. The molecule has 0 heterocycles. The van der Waals surface area contributed by atoms with Crippen LogP contribution >= 0.6 is 9.90 Å². The molecule has 0 aliphatic rings. The first-order valence-electron chi connectivity index (χ1n) is 6.11. The zero-order valence-electron chi connectivity index (χ0n) is 15.4. The lowest BCUT2D eigenvalue weighted by molar-refractivity contribution is -0.299. The minimum Gasteiger partial charge on any atom is -0.545 e. The average Bonchev–Trinajstić information content (AvgIpc) is 2.40. The summed E-state index contributed by atoms with van der Waals surface area (Å²) in [6.07, 6.45) is 0. The number of halogens is 1. The Morgan fingerprint density at radius 1 is 0.615 bits per heavy atom. The predicted octanol–water partition coefficient (Wildman–Crippen LogP) is 0.776. The highest BCUT2D eigenvalue weighted by molar-refractivity contribution is 6.92. The normalized spacial score (nSPS) is 6.92. The number of carbonyl (C=O) groups excluding carboxylic acids is 1. The highest BCUT2D eigenvalue weighted by Gasteiger charge is 1.91. The van der Waals surface area contributed by atoms with Crippen LogP contribution in [0.4, 0.5) is 0 Å². The predicted molar refractivity (Wildman–Crippen MR) is 101 cm³/mol. The number of hydrogen-bond acceptors (Lipinski definition) is 5. The van der Waals surface area contributed by atoms with Gasteiger partial charge in [0.2, 0.25) is 0 Å². The maximum atomic E-state index is 9.60. The molecule has 0 aliphatic heterocycles. The zero-order chi connectivity index (χ0) is 20.6. The number of aliphatic carboxylic acids is 4. The van der Waals surface area contributed by atoms with E-state index in [1.54, 1.807) is 0 Å². The van der Waals surface area contributed by atoms with Gasteiger partial charge in [0.1, 0.15) is 0 Å². The van der Waals surface area contributed by atoms with Crippen LogP contribution in [0.5, 0.6) is 0 Å². The van der Waals surface area contributed by atoms with Crippen molar-refractivity contribution in [1.82, 2.24) is 0 Å². The number of carboxylic acid groups (broad SMARTS) is 4. The smallest absolute Gasteiger partial charge is 0.330 e. The standard InChI is InChI=1S/4C4H6O2.ClH2.H3P/c4*1-3(2)4(5)6;;/h4*1H2,2H3,(H,5,6);1H2;1H3/q;;;;+1;/p-1. The van der Waals surface area contributed by atoms with Gasteiger partial charge in [-0.3, -0.25) is 0 Å². The van der Waals surface area contributed by atoms with E-state index < -0.39 is 23.9 Å². The third kappa shape index (κ3) is 49.6. The van der Waals surface area contributed by atoms with Gasteiger partial charge < -0.3 is 25.2 Å². The highest BCUT2D eigenvalue weighted by atomic mass is 35.5. The van der Waals surface area contributed by atoms with Crippen molar-refractivity contribution < 1.29 is 52.0 Å². The van der Waals surface area contributed by atoms with E-state index in [1.807, 2.05) is 0 Å². The molecule has 3 N–H and O–H groups in total. The maximum Gasteiger partial charge on any atom is 0.330 e. The van der Waals surface area contributed by atoms with Crippen LogP contribution < -0.4 is 5.11 Å². The third-order valence-corrected chi connectivity index (χ3v) is 1.44. The SMILES string of the molecule is C=C(C)C(=O)O.C=C(C)C(=O)O.C=C(C)C(=O)O.C=C(C)C(=O)[O-].P.[ClH2+]. The molecule has 152 valence electrons. The minimum atomic E-state index is -1.19.